The Kier molecular flexibility index (Phi) is 9.28. The van der Waals surface area contributed by atoms with Gasteiger partial charge in [-0.2, -0.15) is 18.4 Å². The van der Waals surface area contributed by atoms with E-state index in [1.165, 1.54) is 18.2 Å². The number of nitrogens with one attached hydrogen (secondary N) is 1. The number of nitriles is 1. The highest BCUT2D eigenvalue weighted by Crippen LogP contribution is 2.31. The topological polar surface area (TPSA) is 80.6 Å². The highest BCUT2D eigenvalue weighted by molar-refractivity contribution is 6.09. The summed E-state index contributed by atoms with van der Waals surface area (Å²) in [7, 11) is 1.57. The molecule has 0 fully saturated rings. The number of nitrogens with zero attached hydrogens (tertiary/aromatic N) is 1. The number of amides is 1. The number of halogens is 3. The molecule has 4 aromatic rings. The van der Waals surface area contributed by atoms with Crippen molar-refractivity contribution in [2.24, 2.45) is 0 Å². The number of rotatable bonds is 10. The molecular weight excluding hydrogens is 533 g/mol. The molecule has 0 aliphatic heterocycles. The van der Waals surface area contributed by atoms with Crippen molar-refractivity contribution in [2.75, 3.05) is 12.4 Å². The smallest absolute Gasteiger partial charge is 0.416 e. The zero-order chi connectivity index (χ0) is 29.2. The van der Waals surface area contributed by atoms with Gasteiger partial charge in [-0.1, -0.05) is 54.6 Å². The summed E-state index contributed by atoms with van der Waals surface area (Å²) in [4.78, 5) is 12.5. The first-order valence-electron chi connectivity index (χ1n) is 12.4. The standard InChI is InChI=1S/C32H25F3N2O4/c1-39-30-17-24(12-15-29(30)41-20-23-6-3-2-4-7-23)21-40-28-13-10-22(11-14-28)16-25(19-36)31(38)37-27-9-5-8-26(18-27)32(33,34)35/h2-18H,20-21H2,1H3,(H,37,38)/b25-16+. The molecule has 4 rings (SSSR count). The maximum atomic E-state index is 12.9. The lowest BCUT2D eigenvalue weighted by atomic mass is 10.1. The van der Waals surface area contributed by atoms with Crippen LogP contribution in [-0.4, -0.2) is 13.0 Å². The molecule has 0 spiro atoms. The molecule has 0 unspecified atom stereocenters. The van der Waals surface area contributed by atoms with E-state index in [1.807, 2.05) is 48.5 Å². The van der Waals surface area contributed by atoms with Crippen LogP contribution in [0.2, 0.25) is 0 Å². The van der Waals surface area contributed by atoms with Gasteiger partial charge in [0.2, 0.25) is 0 Å². The van der Waals surface area contributed by atoms with E-state index in [-0.39, 0.29) is 17.9 Å². The van der Waals surface area contributed by atoms with E-state index < -0.39 is 17.6 Å². The summed E-state index contributed by atoms with van der Waals surface area (Å²) < 4.78 is 56.0. The number of carbonyl (C=O) groups is 1. The van der Waals surface area contributed by atoms with Crippen LogP contribution in [0.1, 0.15) is 22.3 Å². The zero-order valence-electron chi connectivity index (χ0n) is 21.9. The Bertz CT molecular complexity index is 1560. The highest BCUT2D eigenvalue weighted by Gasteiger charge is 2.30. The number of alkyl halides is 3. The second kappa shape index (κ2) is 13.2. The zero-order valence-corrected chi connectivity index (χ0v) is 21.9. The van der Waals surface area contributed by atoms with Gasteiger partial charge in [-0.25, -0.2) is 0 Å². The number of methoxy groups -OCH3 is 1. The lowest BCUT2D eigenvalue weighted by Gasteiger charge is -2.13. The molecule has 0 bridgehead atoms. The van der Waals surface area contributed by atoms with Gasteiger partial charge in [0.1, 0.15) is 30.6 Å². The summed E-state index contributed by atoms with van der Waals surface area (Å²) in [5, 5.41) is 11.8. The minimum absolute atomic E-state index is 0.0675. The van der Waals surface area contributed by atoms with Crippen LogP contribution in [0.3, 0.4) is 0 Å². The average molecular weight is 559 g/mol. The van der Waals surface area contributed by atoms with Crippen molar-refractivity contribution < 1.29 is 32.2 Å². The van der Waals surface area contributed by atoms with Gasteiger partial charge in [0.05, 0.1) is 12.7 Å². The summed E-state index contributed by atoms with van der Waals surface area (Å²) in [5.74, 6) is 0.923. The molecule has 0 aromatic heterocycles. The van der Waals surface area contributed by atoms with Crippen molar-refractivity contribution >= 4 is 17.7 Å². The third-order valence-electron chi connectivity index (χ3n) is 5.87. The second-order valence-corrected chi connectivity index (χ2v) is 8.82. The fourth-order valence-corrected chi connectivity index (χ4v) is 3.77. The minimum Gasteiger partial charge on any atom is -0.493 e. The van der Waals surface area contributed by atoms with E-state index >= 15 is 0 Å². The van der Waals surface area contributed by atoms with Crippen molar-refractivity contribution in [1.29, 1.82) is 5.26 Å². The van der Waals surface area contributed by atoms with Crippen LogP contribution in [0.25, 0.3) is 6.08 Å². The van der Waals surface area contributed by atoms with E-state index in [2.05, 4.69) is 5.32 Å². The summed E-state index contributed by atoms with van der Waals surface area (Å²) in [6.45, 7) is 0.668. The maximum Gasteiger partial charge on any atom is 0.416 e. The van der Waals surface area contributed by atoms with Gasteiger partial charge < -0.3 is 19.5 Å². The van der Waals surface area contributed by atoms with Crippen molar-refractivity contribution in [2.45, 2.75) is 19.4 Å². The van der Waals surface area contributed by atoms with Crippen LogP contribution in [0.5, 0.6) is 17.2 Å². The largest absolute Gasteiger partial charge is 0.493 e. The number of carbonyl (C=O) groups excluding carboxylic acids is 1. The van der Waals surface area contributed by atoms with Crippen LogP contribution in [-0.2, 0) is 24.2 Å². The number of benzene rings is 4. The van der Waals surface area contributed by atoms with Crippen LogP contribution in [0.15, 0.2) is 103 Å². The predicted octanol–water partition coefficient (Wildman–Crippen LogP) is 7.42. The number of hydrogen-bond acceptors (Lipinski definition) is 5. The van der Waals surface area contributed by atoms with Gasteiger partial charge in [0, 0.05) is 5.69 Å². The van der Waals surface area contributed by atoms with Crippen molar-refractivity contribution in [3.63, 3.8) is 0 Å². The normalized spacial score (nSPS) is 11.3. The average Bonchev–Trinajstić information content (AvgIpc) is 2.98. The Labute approximate surface area is 235 Å². The van der Waals surface area contributed by atoms with Gasteiger partial charge in [-0.05, 0) is 65.2 Å². The van der Waals surface area contributed by atoms with Gasteiger partial charge >= 0.3 is 6.18 Å². The Morgan fingerprint density at radius 3 is 2.27 bits per heavy atom. The van der Waals surface area contributed by atoms with Crippen molar-refractivity contribution in [3.8, 4) is 23.3 Å². The van der Waals surface area contributed by atoms with Crippen molar-refractivity contribution in [3.05, 3.63) is 125 Å². The van der Waals surface area contributed by atoms with E-state index in [1.54, 1.807) is 37.4 Å². The molecule has 0 aliphatic carbocycles. The molecule has 208 valence electrons. The first kappa shape index (κ1) is 28.8. The summed E-state index contributed by atoms with van der Waals surface area (Å²) in [6, 6.07) is 28.0. The third-order valence-corrected chi connectivity index (χ3v) is 5.87. The van der Waals surface area contributed by atoms with E-state index in [4.69, 9.17) is 14.2 Å². The molecule has 0 saturated heterocycles. The molecule has 0 aliphatic rings. The number of hydrogen-bond donors (Lipinski definition) is 1. The Balaban J connectivity index is 1.35. The second-order valence-electron chi connectivity index (χ2n) is 8.82. The van der Waals surface area contributed by atoms with Crippen LogP contribution >= 0.6 is 0 Å². The molecule has 0 radical (unpaired) electrons. The van der Waals surface area contributed by atoms with E-state index in [0.29, 0.717) is 29.4 Å². The Hall–Kier alpha value is -5.23. The first-order chi connectivity index (χ1) is 19.7. The molecular formula is C32H25F3N2O4. The molecule has 4 aromatic carbocycles. The quantitative estimate of drug-likeness (QED) is 0.162. The van der Waals surface area contributed by atoms with Gasteiger partial charge in [0.15, 0.2) is 11.5 Å². The fraction of sp³-hybridized carbons (Fsp3) is 0.125. The third kappa shape index (κ3) is 8.13. The van der Waals surface area contributed by atoms with Crippen LogP contribution in [0, 0.1) is 11.3 Å². The summed E-state index contributed by atoms with van der Waals surface area (Å²) in [5.41, 5.74) is 1.20. The summed E-state index contributed by atoms with van der Waals surface area (Å²) in [6.07, 6.45) is -3.21. The lowest BCUT2D eigenvalue weighted by Crippen LogP contribution is -2.14. The molecule has 0 heterocycles. The SMILES string of the molecule is COc1cc(COc2ccc(/C=C(\C#N)C(=O)Nc3cccc(C(F)(F)F)c3)cc2)ccc1OCc1ccccc1. The highest BCUT2D eigenvalue weighted by atomic mass is 19.4. The molecule has 0 atom stereocenters. The Morgan fingerprint density at radius 1 is 0.854 bits per heavy atom. The molecule has 1 N–H and O–H groups in total. The maximum absolute atomic E-state index is 12.9. The van der Waals surface area contributed by atoms with Gasteiger partial charge in [-0.3, -0.25) is 4.79 Å². The van der Waals surface area contributed by atoms with Crippen molar-refractivity contribution in [1.82, 2.24) is 0 Å². The molecule has 0 saturated carbocycles. The molecule has 6 nitrogen and oxygen atoms in total. The van der Waals surface area contributed by atoms with E-state index in [9.17, 15) is 23.2 Å². The summed E-state index contributed by atoms with van der Waals surface area (Å²) >= 11 is 0. The van der Waals surface area contributed by atoms with Crippen LogP contribution < -0.4 is 19.5 Å². The number of ether oxygens (including phenoxy) is 3. The van der Waals surface area contributed by atoms with E-state index in [0.717, 1.165) is 23.3 Å². The van der Waals surface area contributed by atoms with Crippen LogP contribution in [0.4, 0.5) is 18.9 Å². The monoisotopic (exact) mass is 558 g/mol. The molecule has 9 heteroatoms. The minimum atomic E-state index is -4.55. The molecule has 1 amide bonds. The fourth-order valence-electron chi connectivity index (χ4n) is 3.77. The van der Waals surface area contributed by atoms with Gasteiger partial charge in [-0.15, -0.1) is 0 Å². The van der Waals surface area contributed by atoms with Gasteiger partial charge in [0.25, 0.3) is 5.91 Å². The predicted molar refractivity (Wildman–Crippen MR) is 148 cm³/mol. The molecule has 41 heavy (non-hydrogen) atoms. The lowest BCUT2D eigenvalue weighted by molar-refractivity contribution is -0.137. The Morgan fingerprint density at radius 2 is 1.59 bits per heavy atom. The first-order valence-corrected chi connectivity index (χ1v) is 12.4. The number of anilines is 1.